The van der Waals surface area contributed by atoms with Crippen LogP contribution in [0.5, 0.6) is 0 Å². The molecule has 3 aromatic rings. The average Bonchev–Trinajstić information content (AvgIpc) is 3.64. The fraction of sp³-hybridized carbons (Fsp3) is 0.375. The van der Waals surface area contributed by atoms with Gasteiger partial charge >= 0.3 is 0 Å². The van der Waals surface area contributed by atoms with Crippen molar-refractivity contribution in [2.75, 3.05) is 24.7 Å². The van der Waals surface area contributed by atoms with E-state index in [1.807, 2.05) is 22.9 Å². The maximum absolute atomic E-state index is 13.2. The fourth-order valence-corrected chi connectivity index (χ4v) is 4.54. The summed E-state index contributed by atoms with van der Waals surface area (Å²) < 4.78 is 7.38. The molecular weight excluding hydrogens is 452 g/mol. The van der Waals surface area contributed by atoms with Crippen LogP contribution in [-0.2, 0) is 22.6 Å². The van der Waals surface area contributed by atoms with Crippen LogP contribution in [0.15, 0.2) is 49.2 Å². The van der Waals surface area contributed by atoms with Gasteiger partial charge in [-0.05, 0) is 36.5 Å². The third-order valence-corrected chi connectivity index (χ3v) is 6.62. The summed E-state index contributed by atoms with van der Waals surface area (Å²) in [5.41, 5.74) is 1.45. The Balaban J connectivity index is 1.41. The monoisotopic (exact) mass is 478 g/mol. The normalized spacial score (nSPS) is 15.1. The van der Waals surface area contributed by atoms with Gasteiger partial charge in [0.25, 0.3) is 5.91 Å². The van der Waals surface area contributed by atoms with E-state index in [4.69, 9.17) is 10.00 Å². The number of thiazole rings is 1. The molecule has 1 saturated heterocycles. The van der Waals surface area contributed by atoms with Crippen molar-refractivity contribution in [3.63, 3.8) is 0 Å². The van der Waals surface area contributed by atoms with Gasteiger partial charge in [0.15, 0.2) is 5.13 Å². The molecule has 0 aliphatic carbocycles. The summed E-state index contributed by atoms with van der Waals surface area (Å²) in [6.45, 7) is 2.88. The lowest BCUT2D eigenvalue weighted by Crippen LogP contribution is -2.32. The number of benzene rings is 1. The molecule has 9 nitrogen and oxygen atoms in total. The van der Waals surface area contributed by atoms with E-state index in [9.17, 15) is 9.59 Å². The standard InChI is InChI=1S/C24H26N6O3S/c25-13-18-2-4-19(5-3-18)15-30(22(31)12-20-6-11-33-16-20)24-28-14-21(34-24)23(32)27-7-1-9-29-10-8-26-17-29/h2-5,8,10,14,17,20H,1,6-7,9,11-12,15-16H2,(H,27,32). The molecule has 2 amide bonds. The molecule has 1 unspecified atom stereocenters. The first kappa shape index (κ1) is 23.6. The van der Waals surface area contributed by atoms with Gasteiger partial charge in [0.1, 0.15) is 4.88 Å². The van der Waals surface area contributed by atoms with Crippen LogP contribution in [0.2, 0.25) is 0 Å². The number of carbonyl (C=O) groups is 2. The van der Waals surface area contributed by atoms with Crippen molar-refractivity contribution in [3.8, 4) is 6.07 Å². The number of hydrogen-bond donors (Lipinski definition) is 1. The Morgan fingerprint density at radius 3 is 2.88 bits per heavy atom. The number of anilines is 1. The van der Waals surface area contributed by atoms with Crippen LogP contribution in [0.25, 0.3) is 0 Å². The maximum atomic E-state index is 13.2. The van der Waals surface area contributed by atoms with E-state index in [-0.39, 0.29) is 17.7 Å². The first-order valence-electron chi connectivity index (χ1n) is 11.2. The smallest absolute Gasteiger partial charge is 0.263 e. The zero-order chi connectivity index (χ0) is 23.8. The van der Waals surface area contributed by atoms with Crippen molar-refractivity contribution >= 4 is 28.3 Å². The second kappa shape index (κ2) is 11.5. The molecule has 176 valence electrons. The minimum atomic E-state index is -0.204. The first-order chi connectivity index (χ1) is 16.6. The van der Waals surface area contributed by atoms with Gasteiger partial charge in [0.2, 0.25) is 5.91 Å². The molecule has 0 spiro atoms. The van der Waals surface area contributed by atoms with E-state index in [0.29, 0.717) is 48.3 Å². The average molecular weight is 479 g/mol. The molecule has 0 bridgehead atoms. The summed E-state index contributed by atoms with van der Waals surface area (Å²) in [7, 11) is 0. The summed E-state index contributed by atoms with van der Waals surface area (Å²) in [5, 5.41) is 12.4. The summed E-state index contributed by atoms with van der Waals surface area (Å²) in [5.74, 6) is -0.0694. The summed E-state index contributed by atoms with van der Waals surface area (Å²) in [6.07, 6.45) is 8.88. The Kier molecular flexibility index (Phi) is 8.01. The largest absolute Gasteiger partial charge is 0.381 e. The maximum Gasteiger partial charge on any atom is 0.263 e. The SMILES string of the molecule is N#Cc1ccc(CN(C(=O)CC2CCOC2)c2ncc(C(=O)NCCCn3ccnc3)s2)cc1. The van der Waals surface area contributed by atoms with Crippen LogP contribution in [0.3, 0.4) is 0 Å². The van der Waals surface area contributed by atoms with Crippen molar-refractivity contribution in [2.45, 2.75) is 32.4 Å². The Morgan fingerprint density at radius 2 is 2.18 bits per heavy atom. The van der Waals surface area contributed by atoms with Crippen LogP contribution in [0, 0.1) is 17.2 Å². The number of aryl methyl sites for hydroxylation is 1. The first-order valence-corrected chi connectivity index (χ1v) is 12.0. The van der Waals surface area contributed by atoms with Gasteiger partial charge in [-0.1, -0.05) is 23.5 Å². The molecule has 0 radical (unpaired) electrons. The highest BCUT2D eigenvalue weighted by atomic mass is 32.1. The van der Waals surface area contributed by atoms with Crippen molar-refractivity contribution in [1.29, 1.82) is 5.26 Å². The van der Waals surface area contributed by atoms with Crippen LogP contribution in [0.4, 0.5) is 5.13 Å². The topological polar surface area (TPSA) is 113 Å². The molecule has 34 heavy (non-hydrogen) atoms. The van der Waals surface area contributed by atoms with E-state index in [0.717, 1.165) is 24.9 Å². The molecular formula is C24H26N6O3S. The molecule has 1 aromatic carbocycles. The van der Waals surface area contributed by atoms with E-state index in [1.165, 1.54) is 17.5 Å². The molecule has 1 atom stereocenters. The molecule has 10 heteroatoms. The highest BCUT2D eigenvalue weighted by Crippen LogP contribution is 2.27. The number of ether oxygens (including phenoxy) is 1. The van der Waals surface area contributed by atoms with E-state index < -0.39 is 0 Å². The summed E-state index contributed by atoms with van der Waals surface area (Å²) in [6, 6.07) is 9.22. The van der Waals surface area contributed by atoms with Crippen LogP contribution < -0.4 is 10.2 Å². The Labute approximate surface area is 202 Å². The molecule has 1 N–H and O–H groups in total. The number of nitrogens with zero attached hydrogens (tertiary/aromatic N) is 5. The minimum Gasteiger partial charge on any atom is -0.381 e. The molecule has 0 saturated carbocycles. The van der Waals surface area contributed by atoms with Gasteiger partial charge in [-0.2, -0.15) is 5.26 Å². The lowest BCUT2D eigenvalue weighted by atomic mass is 10.0. The number of amides is 2. The van der Waals surface area contributed by atoms with Gasteiger partial charge in [-0.25, -0.2) is 9.97 Å². The molecule has 4 rings (SSSR count). The van der Waals surface area contributed by atoms with E-state index in [1.54, 1.807) is 29.6 Å². The predicted molar refractivity (Wildman–Crippen MR) is 127 cm³/mol. The van der Waals surface area contributed by atoms with Crippen LogP contribution in [-0.4, -0.2) is 46.1 Å². The van der Waals surface area contributed by atoms with Gasteiger partial charge in [-0.3, -0.25) is 14.5 Å². The molecule has 1 aliphatic heterocycles. The summed E-state index contributed by atoms with van der Waals surface area (Å²) >= 11 is 1.20. The fourth-order valence-electron chi connectivity index (χ4n) is 3.70. The third kappa shape index (κ3) is 6.27. The highest BCUT2D eigenvalue weighted by Gasteiger charge is 2.26. The lowest BCUT2D eigenvalue weighted by Gasteiger charge is -2.21. The quantitative estimate of drug-likeness (QED) is 0.448. The molecule has 1 aliphatic rings. The number of nitriles is 1. The number of carbonyl (C=O) groups excluding carboxylic acids is 2. The Bertz CT molecular complexity index is 1130. The predicted octanol–water partition coefficient (Wildman–Crippen LogP) is 2.99. The summed E-state index contributed by atoms with van der Waals surface area (Å²) in [4.78, 5) is 36.3. The minimum absolute atomic E-state index is 0.0542. The Hall–Kier alpha value is -3.55. The van der Waals surface area contributed by atoms with Crippen molar-refractivity contribution < 1.29 is 14.3 Å². The van der Waals surface area contributed by atoms with Crippen LogP contribution in [0.1, 0.15) is 40.1 Å². The Morgan fingerprint density at radius 1 is 1.32 bits per heavy atom. The molecule has 3 heterocycles. The second-order valence-corrected chi connectivity index (χ2v) is 9.15. The van der Waals surface area contributed by atoms with Crippen molar-refractivity contribution in [1.82, 2.24) is 19.9 Å². The van der Waals surface area contributed by atoms with Gasteiger partial charge < -0.3 is 14.6 Å². The zero-order valence-electron chi connectivity index (χ0n) is 18.7. The van der Waals surface area contributed by atoms with Gasteiger partial charge in [0.05, 0.1) is 30.7 Å². The van der Waals surface area contributed by atoms with Gasteiger partial charge in [-0.15, -0.1) is 0 Å². The van der Waals surface area contributed by atoms with Crippen molar-refractivity contribution in [3.05, 3.63) is 65.2 Å². The zero-order valence-corrected chi connectivity index (χ0v) is 19.5. The second-order valence-electron chi connectivity index (χ2n) is 8.14. The van der Waals surface area contributed by atoms with Crippen molar-refractivity contribution in [2.24, 2.45) is 5.92 Å². The van der Waals surface area contributed by atoms with E-state index in [2.05, 4.69) is 21.4 Å². The number of hydrogen-bond acceptors (Lipinski definition) is 7. The van der Waals surface area contributed by atoms with Crippen LogP contribution >= 0.6 is 11.3 Å². The number of aromatic nitrogens is 3. The third-order valence-electron chi connectivity index (χ3n) is 5.60. The lowest BCUT2D eigenvalue weighted by molar-refractivity contribution is -0.119. The molecule has 1 fully saturated rings. The van der Waals surface area contributed by atoms with Gasteiger partial charge in [0, 0.05) is 45.1 Å². The number of rotatable bonds is 10. The highest BCUT2D eigenvalue weighted by molar-refractivity contribution is 7.17. The van der Waals surface area contributed by atoms with E-state index >= 15 is 0 Å². The number of nitrogens with one attached hydrogen (secondary N) is 1. The number of imidazole rings is 1. The molecule has 2 aromatic heterocycles.